The first-order chi connectivity index (χ1) is 8.88. The molecule has 0 spiro atoms. The molecular formula is C13H11F3O2S. The molecule has 2 nitrogen and oxygen atoms in total. The molecule has 0 bridgehead atoms. The van der Waals surface area contributed by atoms with Gasteiger partial charge in [0.15, 0.2) is 5.78 Å². The van der Waals surface area contributed by atoms with Gasteiger partial charge in [0.05, 0.1) is 11.8 Å². The minimum atomic E-state index is -4.42. The number of thiophene rings is 1. The van der Waals surface area contributed by atoms with Gasteiger partial charge in [-0.3, -0.25) is 4.79 Å². The van der Waals surface area contributed by atoms with E-state index < -0.39 is 11.1 Å². The largest absolute Gasteiger partial charge is 0.495 e. The van der Waals surface area contributed by atoms with Crippen LogP contribution in [0.4, 0.5) is 13.2 Å². The average Bonchev–Trinajstić information content (AvgIpc) is 2.81. The van der Waals surface area contributed by atoms with E-state index in [1.54, 1.807) is 6.92 Å². The van der Waals surface area contributed by atoms with Gasteiger partial charge in [-0.15, -0.1) is 11.3 Å². The molecular weight excluding hydrogens is 277 g/mol. The van der Waals surface area contributed by atoms with E-state index >= 15 is 0 Å². The summed E-state index contributed by atoms with van der Waals surface area (Å²) < 4.78 is 43.7. The van der Waals surface area contributed by atoms with E-state index in [2.05, 4.69) is 0 Å². The number of hydrogen-bond acceptors (Lipinski definition) is 3. The SMILES string of the molecule is CCC(=O)c1ccc(OC)c2sc(C(F)(F)F)cc12. The van der Waals surface area contributed by atoms with Crippen molar-refractivity contribution in [1.29, 1.82) is 0 Å². The number of fused-ring (bicyclic) bond motifs is 1. The van der Waals surface area contributed by atoms with Crippen LogP contribution in [0.3, 0.4) is 0 Å². The van der Waals surface area contributed by atoms with Crippen LogP contribution in [-0.2, 0) is 6.18 Å². The molecule has 1 aromatic heterocycles. The number of Topliss-reactive ketones (excluding diaryl/α,β-unsaturated/α-hetero) is 1. The Bertz CT molecular complexity index is 629. The molecule has 19 heavy (non-hydrogen) atoms. The summed E-state index contributed by atoms with van der Waals surface area (Å²) in [6, 6.07) is 4.06. The van der Waals surface area contributed by atoms with E-state index in [0.717, 1.165) is 6.07 Å². The zero-order valence-corrected chi connectivity index (χ0v) is 11.1. The minimum absolute atomic E-state index is 0.181. The highest BCUT2D eigenvalue weighted by molar-refractivity contribution is 7.19. The summed E-state index contributed by atoms with van der Waals surface area (Å²) in [6.07, 6.45) is -4.17. The first kappa shape index (κ1) is 13.9. The Labute approximate surface area is 111 Å². The fraction of sp³-hybridized carbons (Fsp3) is 0.308. The lowest BCUT2D eigenvalue weighted by Crippen LogP contribution is -2.01. The van der Waals surface area contributed by atoms with Crippen LogP contribution in [0.2, 0.25) is 0 Å². The quantitative estimate of drug-likeness (QED) is 0.776. The van der Waals surface area contributed by atoms with Gasteiger partial charge in [0, 0.05) is 17.4 Å². The lowest BCUT2D eigenvalue weighted by Gasteiger charge is -2.04. The van der Waals surface area contributed by atoms with Gasteiger partial charge in [-0.25, -0.2) is 0 Å². The number of carbonyl (C=O) groups is 1. The number of halogens is 3. The zero-order valence-electron chi connectivity index (χ0n) is 10.3. The summed E-state index contributed by atoms with van der Waals surface area (Å²) in [5.41, 5.74) is 0.310. The van der Waals surface area contributed by atoms with Crippen molar-refractivity contribution in [2.24, 2.45) is 0 Å². The van der Waals surface area contributed by atoms with Gasteiger partial charge in [0.2, 0.25) is 0 Å². The molecule has 0 atom stereocenters. The second kappa shape index (κ2) is 4.85. The molecule has 0 radical (unpaired) electrons. The van der Waals surface area contributed by atoms with Crippen molar-refractivity contribution in [2.75, 3.05) is 7.11 Å². The predicted molar refractivity (Wildman–Crippen MR) is 68.0 cm³/mol. The average molecular weight is 288 g/mol. The van der Waals surface area contributed by atoms with Crippen molar-refractivity contribution in [2.45, 2.75) is 19.5 Å². The van der Waals surface area contributed by atoms with Crippen LogP contribution in [0.5, 0.6) is 5.75 Å². The monoisotopic (exact) mass is 288 g/mol. The van der Waals surface area contributed by atoms with E-state index in [1.165, 1.54) is 19.2 Å². The zero-order chi connectivity index (χ0) is 14.2. The van der Waals surface area contributed by atoms with Crippen LogP contribution in [0.1, 0.15) is 28.6 Å². The molecule has 0 aliphatic carbocycles. The van der Waals surface area contributed by atoms with Gasteiger partial charge in [0.25, 0.3) is 0 Å². The first-order valence-corrected chi connectivity index (χ1v) is 6.41. The molecule has 6 heteroatoms. The number of benzene rings is 1. The van der Waals surface area contributed by atoms with Crippen LogP contribution in [0.15, 0.2) is 18.2 Å². The topological polar surface area (TPSA) is 26.3 Å². The van der Waals surface area contributed by atoms with Crippen molar-refractivity contribution in [3.8, 4) is 5.75 Å². The normalized spacial score (nSPS) is 11.8. The van der Waals surface area contributed by atoms with Gasteiger partial charge in [-0.05, 0) is 18.2 Å². The van der Waals surface area contributed by atoms with Crippen molar-refractivity contribution >= 4 is 27.2 Å². The summed E-state index contributed by atoms with van der Waals surface area (Å²) >= 11 is 0.595. The summed E-state index contributed by atoms with van der Waals surface area (Å²) in [7, 11) is 1.39. The van der Waals surface area contributed by atoms with E-state index in [0.29, 0.717) is 32.7 Å². The Kier molecular flexibility index (Phi) is 3.54. The third-order valence-electron chi connectivity index (χ3n) is 2.77. The van der Waals surface area contributed by atoms with Gasteiger partial charge >= 0.3 is 6.18 Å². The summed E-state index contributed by atoms with van der Waals surface area (Å²) in [5, 5.41) is 0.309. The number of methoxy groups -OCH3 is 1. The molecule has 0 saturated carbocycles. The van der Waals surface area contributed by atoms with Crippen molar-refractivity contribution < 1.29 is 22.7 Å². The number of carbonyl (C=O) groups excluding carboxylic acids is 1. The van der Waals surface area contributed by atoms with Crippen molar-refractivity contribution in [3.63, 3.8) is 0 Å². The van der Waals surface area contributed by atoms with E-state index in [4.69, 9.17) is 4.74 Å². The Morgan fingerprint density at radius 1 is 1.37 bits per heavy atom. The Balaban J connectivity index is 2.74. The highest BCUT2D eigenvalue weighted by Crippen LogP contribution is 2.42. The maximum atomic E-state index is 12.8. The van der Waals surface area contributed by atoms with Crippen molar-refractivity contribution in [3.05, 3.63) is 28.6 Å². The molecule has 2 aromatic rings. The molecule has 0 aliphatic heterocycles. The molecule has 1 heterocycles. The van der Waals surface area contributed by atoms with Crippen LogP contribution in [0, 0.1) is 0 Å². The molecule has 2 rings (SSSR count). The van der Waals surface area contributed by atoms with Crippen molar-refractivity contribution in [1.82, 2.24) is 0 Å². The fourth-order valence-electron chi connectivity index (χ4n) is 1.83. The van der Waals surface area contributed by atoms with E-state index in [-0.39, 0.29) is 12.2 Å². The Morgan fingerprint density at radius 2 is 2.05 bits per heavy atom. The standard InChI is InChI=1S/C13H11F3O2S/c1-3-9(17)7-4-5-10(18-2)12-8(7)6-11(19-12)13(14,15)16/h4-6H,3H2,1-2H3. The maximum absolute atomic E-state index is 12.8. The summed E-state index contributed by atoms with van der Waals surface area (Å²) in [4.78, 5) is 11.0. The molecule has 102 valence electrons. The van der Waals surface area contributed by atoms with Gasteiger partial charge in [-0.2, -0.15) is 13.2 Å². The molecule has 0 N–H and O–H groups in total. The molecule has 0 amide bonds. The molecule has 1 aromatic carbocycles. The molecule has 0 fully saturated rings. The third-order valence-corrected chi connectivity index (χ3v) is 3.96. The number of hydrogen-bond donors (Lipinski definition) is 0. The van der Waals surface area contributed by atoms with Crippen LogP contribution in [0.25, 0.3) is 10.1 Å². The lowest BCUT2D eigenvalue weighted by atomic mass is 10.0. The number of alkyl halides is 3. The van der Waals surface area contributed by atoms with E-state index in [9.17, 15) is 18.0 Å². The number of ketones is 1. The first-order valence-electron chi connectivity index (χ1n) is 5.59. The van der Waals surface area contributed by atoms with Crippen LogP contribution in [-0.4, -0.2) is 12.9 Å². The highest BCUT2D eigenvalue weighted by atomic mass is 32.1. The molecule has 0 saturated heterocycles. The van der Waals surface area contributed by atoms with Crippen LogP contribution >= 0.6 is 11.3 Å². The van der Waals surface area contributed by atoms with Gasteiger partial charge in [-0.1, -0.05) is 6.92 Å². The Hall–Kier alpha value is -1.56. The highest BCUT2D eigenvalue weighted by Gasteiger charge is 2.33. The number of rotatable bonds is 3. The Morgan fingerprint density at radius 3 is 2.58 bits per heavy atom. The summed E-state index contributed by atoms with van der Waals surface area (Å²) in [6.45, 7) is 1.68. The maximum Gasteiger partial charge on any atom is 0.425 e. The van der Waals surface area contributed by atoms with Gasteiger partial charge in [0.1, 0.15) is 10.6 Å². The minimum Gasteiger partial charge on any atom is -0.495 e. The second-order valence-electron chi connectivity index (χ2n) is 3.94. The predicted octanol–water partition coefficient (Wildman–Crippen LogP) is 4.52. The molecule has 0 aliphatic rings. The lowest BCUT2D eigenvalue weighted by molar-refractivity contribution is -0.134. The fourth-order valence-corrected chi connectivity index (χ4v) is 2.88. The second-order valence-corrected chi connectivity index (χ2v) is 5.00. The van der Waals surface area contributed by atoms with Gasteiger partial charge < -0.3 is 4.74 Å². The third kappa shape index (κ3) is 2.45. The van der Waals surface area contributed by atoms with Crippen LogP contribution < -0.4 is 4.74 Å². The number of ether oxygens (including phenoxy) is 1. The smallest absolute Gasteiger partial charge is 0.425 e. The summed E-state index contributed by atoms with van der Waals surface area (Å²) in [5.74, 6) is 0.169. The molecule has 0 unspecified atom stereocenters. The van der Waals surface area contributed by atoms with E-state index in [1.807, 2.05) is 0 Å².